The maximum absolute atomic E-state index is 11.4. The normalized spacial score (nSPS) is 15.1. The van der Waals surface area contributed by atoms with Crippen molar-refractivity contribution in [1.82, 2.24) is 4.90 Å². The number of nitrogens with one attached hydrogen (secondary N) is 1. The van der Waals surface area contributed by atoms with Crippen LogP contribution in [0.4, 0.5) is 5.00 Å². The Kier molecular flexibility index (Phi) is 9.17. The van der Waals surface area contributed by atoms with E-state index >= 15 is 0 Å². The summed E-state index contributed by atoms with van der Waals surface area (Å²) in [6.07, 6.45) is 7.20. The predicted octanol–water partition coefficient (Wildman–Crippen LogP) is 4.92. The number of methoxy groups -OCH3 is 1. The van der Waals surface area contributed by atoms with Crippen LogP contribution >= 0.6 is 27.3 Å². The second-order valence-corrected chi connectivity index (χ2v) is 8.32. The lowest BCUT2D eigenvalue weighted by Crippen LogP contribution is -2.29. The molecule has 1 aliphatic rings. The van der Waals surface area contributed by atoms with Crippen LogP contribution in [0.1, 0.15) is 54.9 Å². The minimum Gasteiger partial charge on any atom is -0.465 e. The predicted molar refractivity (Wildman–Crippen MR) is 103 cm³/mol. The van der Waals surface area contributed by atoms with Gasteiger partial charge >= 0.3 is 5.97 Å². The van der Waals surface area contributed by atoms with Crippen molar-refractivity contribution in [2.24, 2.45) is 0 Å². The highest BCUT2D eigenvalue weighted by atomic mass is 79.9. The van der Waals surface area contributed by atoms with Crippen LogP contribution in [0.5, 0.6) is 0 Å². The first-order valence-electron chi connectivity index (χ1n) is 8.19. The number of nitrogens with zero attached hydrogens (tertiary/aromatic N) is 1. The average molecular weight is 405 g/mol. The fourth-order valence-electron chi connectivity index (χ4n) is 2.74. The lowest BCUT2D eigenvalue weighted by molar-refractivity contribution is 0.0599. The molecule has 1 saturated carbocycles. The molecule has 1 N–H and O–H groups in total. The van der Waals surface area contributed by atoms with Gasteiger partial charge in [-0.2, -0.15) is 0 Å². The van der Waals surface area contributed by atoms with E-state index in [4.69, 9.17) is 4.74 Å². The number of thiophene rings is 1. The number of hydrogen-bond donors (Lipinski definition) is 1. The Hall–Kier alpha value is -0.590. The van der Waals surface area contributed by atoms with Crippen LogP contribution in [0.3, 0.4) is 0 Å². The second kappa shape index (κ2) is 10.3. The van der Waals surface area contributed by atoms with Crippen LogP contribution in [-0.2, 0) is 4.74 Å². The lowest BCUT2D eigenvalue weighted by atomic mass is 9.95. The van der Waals surface area contributed by atoms with Crippen molar-refractivity contribution in [2.75, 3.05) is 33.1 Å². The zero-order valence-corrected chi connectivity index (χ0v) is 17.3. The molecule has 132 valence electrons. The maximum Gasteiger partial charge on any atom is 0.340 e. The van der Waals surface area contributed by atoms with Gasteiger partial charge in [0.25, 0.3) is 0 Å². The van der Waals surface area contributed by atoms with E-state index in [0.29, 0.717) is 5.56 Å². The summed E-state index contributed by atoms with van der Waals surface area (Å²) in [5, 5.41) is 4.21. The average Bonchev–Trinajstić information content (AvgIpc) is 2.82. The highest BCUT2D eigenvalue weighted by molar-refractivity contribution is 9.11. The van der Waals surface area contributed by atoms with Crippen LogP contribution in [0.25, 0.3) is 0 Å². The summed E-state index contributed by atoms with van der Waals surface area (Å²) >= 11 is 4.87. The van der Waals surface area contributed by atoms with Crippen LogP contribution < -0.4 is 5.32 Å². The van der Waals surface area contributed by atoms with Gasteiger partial charge in [-0.15, -0.1) is 11.3 Å². The molecule has 1 aliphatic carbocycles. The van der Waals surface area contributed by atoms with Crippen molar-refractivity contribution in [1.29, 1.82) is 0 Å². The number of hydrogen-bond acceptors (Lipinski definition) is 5. The van der Waals surface area contributed by atoms with Gasteiger partial charge in [-0.05, 0) is 62.3 Å². The molecule has 1 heterocycles. The van der Waals surface area contributed by atoms with Gasteiger partial charge in [0.05, 0.1) is 21.5 Å². The number of carbonyl (C=O) groups excluding carboxylic acids is 1. The molecule has 0 radical (unpaired) electrons. The molecule has 0 unspecified atom stereocenters. The first-order valence-corrected chi connectivity index (χ1v) is 9.80. The number of carbonyl (C=O) groups is 1. The van der Waals surface area contributed by atoms with Gasteiger partial charge in [-0.3, -0.25) is 0 Å². The Morgan fingerprint density at radius 1 is 1.35 bits per heavy atom. The van der Waals surface area contributed by atoms with E-state index in [9.17, 15) is 4.79 Å². The van der Waals surface area contributed by atoms with Crippen molar-refractivity contribution < 1.29 is 9.53 Å². The monoisotopic (exact) mass is 404 g/mol. The minimum absolute atomic E-state index is 0.297. The quantitative estimate of drug-likeness (QED) is 0.723. The Morgan fingerprint density at radius 2 is 1.96 bits per heavy atom. The number of anilines is 1. The zero-order valence-electron chi connectivity index (χ0n) is 14.9. The Morgan fingerprint density at radius 3 is 2.39 bits per heavy atom. The lowest BCUT2D eigenvalue weighted by Gasteiger charge is -2.27. The van der Waals surface area contributed by atoms with E-state index in [-0.39, 0.29) is 5.97 Å². The minimum atomic E-state index is -0.297. The standard InChI is InChI=1S/C9H12BrNO2S.C8H17N/c1-4-11-8-5(2)6(7(10)14-8)9(12)13-3;1-9(2)8-6-4-3-5-7-8/h11H,4H2,1-3H3;8H,3-7H2,1-2H3. The SMILES string of the molecule is CCNc1sc(Br)c(C(=O)OC)c1C.CN(C)C1CCCCC1. The molecule has 0 bridgehead atoms. The summed E-state index contributed by atoms with van der Waals surface area (Å²) < 4.78 is 5.52. The Balaban J connectivity index is 0.000000253. The number of ether oxygens (including phenoxy) is 1. The molecular formula is C17H29BrN2O2S. The molecule has 1 aromatic heterocycles. The zero-order chi connectivity index (χ0) is 17.4. The van der Waals surface area contributed by atoms with Crippen LogP contribution in [0, 0.1) is 6.92 Å². The first-order chi connectivity index (χ1) is 10.9. The smallest absolute Gasteiger partial charge is 0.340 e. The van der Waals surface area contributed by atoms with E-state index in [1.54, 1.807) is 0 Å². The summed E-state index contributed by atoms with van der Waals surface area (Å²) in [7, 11) is 5.77. The first kappa shape index (κ1) is 20.5. The van der Waals surface area contributed by atoms with E-state index in [0.717, 1.165) is 26.9 Å². The van der Waals surface area contributed by atoms with E-state index in [2.05, 4.69) is 40.2 Å². The fourth-order valence-corrected chi connectivity index (χ4v) is 4.67. The molecular weight excluding hydrogens is 376 g/mol. The second-order valence-electron chi connectivity index (χ2n) is 5.98. The van der Waals surface area contributed by atoms with Gasteiger partial charge in [-0.1, -0.05) is 19.3 Å². The van der Waals surface area contributed by atoms with E-state index < -0.39 is 0 Å². The largest absolute Gasteiger partial charge is 0.465 e. The molecule has 0 spiro atoms. The molecule has 2 rings (SSSR count). The highest BCUT2D eigenvalue weighted by Crippen LogP contribution is 2.37. The number of rotatable bonds is 4. The van der Waals surface area contributed by atoms with Crippen LogP contribution in [-0.4, -0.2) is 44.7 Å². The van der Waals surface area contributed by atoms with E-state index in [1.165, 1.54) is 50.6 Å². The molecule has 1 aromatic rings. The van der Waals surface area contributed by atoms with Crippen molar-refractivity contribution in [3.8, 4) is 0 Å². The van der Waals surface area contributed by atoms with Gasteiger partial charge in [0.2, 0.25) is 0 Å². The molecule has 0 atom stereocenters. The van der Waals surface area contributed by atoms with E-state index in [1.807, 2.05) is 13.8 Å². The number of halogens is 1. The molecule has 0 saturated heterocycles. The van der Waals surface area contributed by atoms with Gasteiger partial charge in [0.1, 0.15) is 0 Å². The van der Waals surface area contributed by atoms with Crippen molar-refractivity contribution >= 4 is 38.2 Å². The molecule has 6 heteroatoms. The summed E-state index contributed by atoms with van der Waals surface area (Å²) in [6, 6.07) is 0.888. The van der Waals surface area contributed by atoms with Crippen LogP contribution in [0.15, 0.2) is 3.79 Å². The van der Waals surface area contributed by atoms with Gasteiger partial charge in [0.15, 0.2) is 0 Å². The highest BCUT2D eigenvalue weighted by Gasteiger charge is 2.19. The van der Waals surface area contributed by atoms with Crippen LogP contribution in [0.2, 0.25) is 0 Å². The molecule has 0 aliphatic heterocycles. The summed E-state index contributed by atoms with van der Waals surface area (Å²) in [6.45, 7) is 4.77. The summed E-state index contributed by atoms with van der Waals surface area (Å²) in [5.74, 6) is -0.297. The summed E-state index contributed by atoms with van der Waals surface area (Å²) in [4.78, 5) is 13.8. The Labute approximate surface area is 152 Å². The van der Waals surface area contributed by atoms with Gasteiger partial charge in [-0.25, -0.2) is 4.79 Å². The third-order valence-corrected chi connectivity index (χ3v) is 6.06. The molecule has 4 nitrogen and oxygen atoms in total. The topological polar surface area (TPSA) is 41.6 Å². The van der Waals surface area contributed by atoms with Crippen molar-refractivity contribution in [3.05, 3.63) is 14.9 Å². The fraction of sp³-hybridized carbons (Fsp3) is 0.706. The molecule has 23 heavy (non-hydrogen) atoms. The molecule has 1 fully saturated rings. The molecule has 0 aromatic carbocycles. The van der Waals surface area contributed by atoms with Gasteiger partial charge in [0, 0.05) is 12.6 Å². The number of esters is 1. The van der Waals surface area contributed by atoms with Crippen molar-refractivity contribution in [3.63, 3.8) is 0 Å². The van der Waals surface area contributed by atoms with Crippen molar-refractivity contribution in [2.45, 2.75) is 52.0 Å². The Bertz CT molecular complexity index is 497. The summed E-state index contributed by atoms with van der Waals surface area (Å²) in [5.41, 5.74) is 1.56. The van der Waals surface area contributed by atoms with Gasteiger partial charge < -0.3 is 15.0 Å². The maximum atomic E-state index is 11.4. The molecule has 0 amide bonds. The third-order valence-electron chi connectivity index (χ3n) is 4.14. The third kappa shape index (κ3) is 6.08.